The van der Waals surface area contributed by atoms with Crippen LogP contribution in [0.5, 0.6) is 0 Å². The fraction of sp³-hybridized carbons (Fsp3) is 0.441. The van der Waals surface area contributed by atoms with Crippen molar-refractivity contribution in [3.63, 3.8) is 0 Å². The molecule has 0 fully saturated rings. The van der Waals surface area contributed by atoms with Crippen LogP contribution in [0.2, 0.25) is 0 Å². The topological polar surface area (TPSA) is 57.7 Å². The second kappa shape index (κ2) is 12.0. The smallest absolute Gasteiger partial charge is 0.243 e. The lowest BCUT2D eigenvalue weighted by Gasteiger charge is -2.36. The van der Waals surface area contributed by atoms with Gasteiger partial charge in [-0.25, -0.2) is 8.42 Å². The Hall–Kier alpha value is -2.80. The summed E-state index contributed by atoms with van der Waals surface area (Å²) in [4.78, 5) is 16.0. The molecule has 3 aromatic carbocycles. The van der Waals surface area contributed by atoms with Crippen molar-refractivity contribution in [2.45, 2.75) is 91.3 Å². The number of sulfonamides is 1. The third kappa shape index (κ3) is 6.91. The van der Waals surface area contributed by atoms with Crippen LogP contribution in [0.3, 0.4) is 0 Å². The van der Waals surface area contributed by atoms with Gasteiger partial charge in [-0.05, 0) is 102 Å². The SMILES string of the molecule is Cc1ccc(CN(CCCC(=O)c2ccc3c(c2)CCN(S(=O)(=O)c2c(C)cc(C)cc2C)C3)C(C)(C)C)cc1. The Morgan fingerprint density at radius 2 is 1.52 bits per heavy atom. The number of hydrogen-bond acceptors (Lipinski definition) is 4. The first-order valence-electron chi connectivity index (χ1n) is 14.3. The van der Waals surface area contributed by atoms with Gasteiger partial charge in [-0.3, -0.25) is 9.69 Å². The molecule has 4 rings (SSSR count). The molecule has 0 bridgehead atoms. The molecular formula is C34H44N2O3S. The highest BCUT2D eigenvalue weighted by Gasteiger charge is 2.31. The second-order valence-electron chi connectivity index (χ2n) is 12.4. The van der Waals surface area contributed by atoms with Crippen LogP contribution in [-0.4, -0.2) is 42.0 Å². The Kier molecular flexibility index (Phi) is 9.03. The van der Waals surface area contributed by atoms with Crippen LogP contribution in [0.1, 0.15) is 82.9 Å². The molecule has 0 amide bonds. The lowest BCUT2D eigenvalue weighted by atomic mass is 9.95. The molecule has 6 heteroatoms. The summed E-state index contributed by atoms with van der Waals surface area (Å²) in [5, 5.41) is 0. The van der Waals surface area contributed by atoms with Crippen LogP contribution in [-0.2, 0) is 29.5 Å². The molecule has 214 valence electrons. The fourth-order valence-corrected chi connectivity index (χ4v) is 7.58. The summed E-state index contributed by atoms with van der Waals surface area (Å²) >= 11 is 0. The molecule has 0 radical (unpaired) electrons. The zero-order valence-electron chi connectivity index (χ0n) is 25.2. The summed E-state index contributed by atoms with van der Waals surface area (Å²) in [5.74, 6) is 0.146. The molecule has 1 aliphatic rings. The summed E-state index contributed by atoms with van der Waals surface area (Å²) in [6, 6.07) is 18.3. The van der Waals surface area contributed by atoms with Crippen molar-refractivity contribution < 1.29 is 13.2 Å². The molecular weight excluding hydrogens is 516 g/mol. The quantitative estimate of drug-likeness (QED) is 0.266. The van der Waals surface area contributed by atoms with Gasteiger partial charge in [0, 0.05) is 37.2 Å². The van der Waals surface area contributed by atoms with Crippen LogP contribution >= 0.6 is 0 Å². The Bertz CT molecular complexity index is 1460. The Morgan fingerprint density at radius 1 is 0.875 bits per heavy atom. The molecule has 0 saturated heterocycles. The normalized spacial score (nSPS) is 14.4. The number of rotatable bonds is 9. The summed E-state index contributed by atoms with van der Waals surface area (Å²) in [6.45, 7) is 16.9. The van der Waals surface area contributed by atoms with E-state index in [1.807, 2.05) is 51.1 Å². The molecule has 0 spiro atoms. The molecule has 5 nitrogen and oxygen atoms in total. The van der Waals surface area contributed by atoms with Crippen LogP contribution in [0.15, 0.2) is 59.5 Å². The minimum atomic E-state index is -3.60. The van der Waals surface area contributed by atoms with Crippen LogP contribution in [0.25, 0.3) is 0 Å². The van der Waals surface area contributed by atoms with Crippen LogP contribution < -0.4 is 0 Å². The maximum absolute atomic E-state index is 13.6. The van der Waals surface area contributed by atoms with Crippen molar-refractivity contribution >= 4 is 15.8 Å². The van der Waals surface area contributed by atoms with Crippen molar-refractivity contribution in [2.75, 3.05) is 13.1 Å². The van der Waals surface area contributed by atoms with E-state index >= 15 is 0 Å². The molecule has 3 aromatic rings. The van der Waals surface area contributed by atoms with E-state index in [9.17, 15) is 13.2 Å². The maximum atomic E-state index is 13.6. The van der Waals surface area contributed by atoms with Crippen molar-refractivity contribution in [3.05, 3.63) is 99.1 Å². The Labute approximate surface area is 241 Å². The number of carbonyl (C=O) groups is 1. The van der Waals surface area contributed by atoms with Gasteiger partial charge in [0.1, 0.15) is 0 Å². The van der Waals surface area contributed by atoms with E-state index in [1.165, 1.54) is 11.1 Å². The van der Waals surface area contributed by atoms with Gasteiger partial charge in [-0.15, -0.1) is 0 Å². The van der Waals surface area contributed by atoms with E-state index in [2.05, 4.69) is 56.9 Å². The number of fused-ring (bicyclic) bond motifs is 1. The van der Waals surface area contributed by atoms with E-state index in [1.54, 1.807) is 4.31 Å². The number of aryl methyl sites for hydroxylation is 4. The molecule has 0 N–H and O–H groups in total. The predicted octanol–water partition coefficient (Wildman–Crippen LogP) is 6.93. The number of ketones is 1. The summed E-state index contributed by atoms with van der Waals surface area (Å²) < 4.78 is 28.7. The van der Waals surface area contributed by atoms with Crippen LogP contribution in [0, 0.1) is 27.7 Å². The van der Waals surface area contributed by atoms with Gasteiger partial charge in [0.05, 0.1) is 4.90 Å². The summed E-state index contributed by atoms with van der Waals surface area (Å²) in [7, 11) is -3.60. The highest BCUT2D eigenvalue weighted by molar-refractivity contribution is 7.89. The van der Waals surface area contributed by atoms with Gasteiger partial charge < -0.3 is 0 Å². The monoisotopic (exact) mass is 560 g/mol. The Morgan fingerprint density at radius 3 is 2.15 bits per heavy atom. The third-order valence-electron chi connectivity index (χ3n) is 7.98. The minimum absolute atomic E-state index is 0.00161. The van der Waals surface area contributed by atoms with E-state index < -0.39 is 10.0 Å². The maximum Gasteiger partial charge on any atom is 0.243 e. The highest BCUT2D eigenvalue weighted by atomic mass is 32.2. The molecule has 1 heterocycles. The molecule has 0 unspecified atom stereocenters. The number of hydrogen-bond donors (Lipinski definition) is 0. The average molecular weight is 561 g/mol. The van der Waals surface area contributed by atoms with Crippen molar-refractivity contribution in [3.8, 4) is 0 Å². The standard InChI is InChI=1S/C34H44N2O3S/c1-24-10-12-28(13-11-24)22-35(34(5,6)7)17-8-9-32(37)30-14-15-31-23-36(18-16-29(31)21-30)40(38,39)33-26(3)19-25(2)20-27(33)4/h10-15,19-21H,8-9,16-18,22-23H2,1-7H3. The van der Waals surface area contributed by atoms with E-state index in [0.717, 1.165) is 52.9 Å². The minimum Gasteiger partial charge on any atom is -0.294 e. The first kappa shape index (κ1) is 30.2. The lowest BCUT2D eigenvalue weighted by molar-refractivity contribution is 0.0945. The zero-order chi connectivity index (χ0) is 29.2. The second-order valence-corrected chi connectivity index (χ2v) is 14.3. The fourth-order valence-electron chi connectivity index (χ4n) is 5.75. The van der Waals surface area contributed by atoms with Crippen molar-refractivity contribution in [2.24, 2.45) is 0 Å². The first-order valence-corrected chi connectivity index (χ1v) is 15.7. The summed E-state index contributed by atoms with van der Waals surface area (Å²) in [6.07, 6.45) is 1.89. The number of benzene rings is 3. The molecule has 0 saturated carbocycles. The van der Waals surface area contributed by atoms with Crippen molar-refractivity contribution in [1.29, 1.82) is 0 Å². The number of nitrogens with zero attached hydrogens (tertiary/aromatic N) is 2. The average Bonchev–Trinajstić information content (AvgIpc) is 2.87. The van der Waals surface area contributed by atoms with Gasteiger partial charge in [0.2, 0.25) is 10.0 Å². The highest BCUT2D eigenvalue weighted by Crippen LogP contribution is 2.30. The van der Waals surface area contributed by atoms with E-state index in [0.29, 0.717) is 30.8 Å². The van der Waals surface area contributed by atoms with E-state index in [-0.39, 0.29) is 11.3 Å². The zero-order valence-corrected chi connectivity index (χ0v) is 26.0. The molecule has 0 aromatic heterocycles. The van der Waals surface area contributed by atoms with Gasteiger partial charge in [0.15, 0.2) is 5.78 Å². The molecule has 1 aliphatic heterocycles. The van der Waals surface area contributed by atoms with Gasteiger partial charge in [0.25, 0.3) is 0 Å². The van der Waals surface area contributed by atoms with Crippen molar-refractivity contribution in [1.82, 2.24) is 9.21 Å². The molecule has 0 atom stereocenters. The molecule has 40 heavy (non-hydrogen) atoms. The van der Waals surface area contributed by atoms with Gasteiger partial charge in [-0.2, -0.15) is 4.31 Å². The Balaban J connectivity index is 1.40. The largest absolute Gasteiger partial charge is 0.294 e. The molecule has 0 aliphatic carbocycles. The van der Waals surface area contributed by atoms with Crippen LogP contribution in [0.4, 0.5) is 0 Å². The third-order valence-corrected chi connectivity index (χ3v) is 10.1. The van der Waals surface area contributed by atoms with Gasteiger partial charge >= 0.3 is 0 Å². The lowest BCUT2D eigenvalue weighted by Crippen LogP contribution is -2.41. The predicted molar refractivity (Wildman–Crippen MR) is 163 cm³/mol. The summed E-state index contributed by atoms with van der Waals surface area (Å²) in [5.41, 5.74) is 7.95. The number of carbonyl (C=O) groups excluding carboxylic acids is 1. The first-order chi connectivity index (χ1) is 18.8. The number of Topliss-reactive ketones (excluding diaryl/α,β-unsaturated/α-hetero) is 1. The van der Waals surface area contributed by atoms with Gasteiger partial charge in [-0.1, -0.05) is 59.7 Å². The van der Waals surface area contributed by atoms with E-state index in [4.69, 9.17) is 0 Å².